The van der Waals surface area contributed by atoms with E-state index in [-0.39, 0.29) is 11.7 Å². The van der Waals surface area contributed by atoms with Gasteiger partial charge < -0.3 is 9.13 Å². The van der Waals surface area contributed by atoms with Gasteiger partial charge >= 0.3 is 0 Å². The number of carbonyl (C=O) groups excluding carboxylic acids is 1. The molecule has 4 heteroatoms. The molecular weight excluding hydrogens is 310 g/mol. The standard InChI is InChI=1S/C21H25N3O/c1-5-24-18-7-6-16(12-23-9-8-22-15(23)4)21(25)20(18)17-10-13(2)14(3)11-19(17)24/h8-11,16H,5-7,12H2,1-4H3/i10D,11D. The summed E-state index contributed by atoms with van der Waals surface area (Å²) < 4.78 is 21.4. The number of Topliss-reactive ketones (excluding diaryl/α,β-unsaturated/α-hetero) is 1. The number of carbonyl (C=O) groups is 1. The smallest absolute Gasteiger partial charge is 0.170 e. The van der Waals surface area contributed by atoms with E-state index in [1.54, 1.807) is 6.20 Å². The Kier molecular flexibility index (Phi) is 3.26. The molecule has 2 aromatic heterocycles. The molecule has 0 saturated heterocycles. The molecule has 3 aromatic rings. The van der Waals surface area contributed by atoms with Gasteiger partial charge in [0.15, 0.2) is 5.78 Å². The first-order chi connectivity index (χ1) is 12.9. The molecule has 1 unspecified atom stereocenters. The molecule has 4 nitrogen and oxygen atoms in total. The molecular formula is C21H25N3O. The molecule has 0 N–H and O–H groups in total. The fourth-order valence-corrected chi connectivity index (χ4v) is 4.00. The topological polar surface area (TPSA) is 39.8 Å². The molecule has 2 heterocycles. The van der Waals surface area contributed by atoms with E-state index in [1.165, 1.54) is 0 Å². The van der Waals surface area contributed by atoms with Gasteiger partial charge in [-0.1, -0.05) is 0 Å². The lowest BCUT2D eigenvalue weighted by Crippen LogP contribution is -2.27. The molecule has 0 aliphatic heterocycles. The van der Waals surface area contributed by atoms with Crippen molar-refractivity contribution in [2.75, 3.05) is 0 Å². The van der Waals surface area contributed by atoms with Gasteiger partial charge in [-0.2, -0.15) is 0 Å². The van der Waals surface area contributed by atoms with E-state index in [9.17, 15) is 4.79 Å². The summed E-state index contributed by atoms with van der Waals surface area (Å²) in [5, 5.41) is 0.678. The summed E-state index contributed by atoms with van der Waals surface area (Å²) in [5.74, 6) is 0.903. The largest absolute Gasteiger partial charge is 0.344 e. The van der Waals surface area contributed by atoms with Gasteiger partial charge in [0.2, 0.25) is 0 Å². The molecule has 0 amide bonds. The van der Waals surface area contributed by atoms with Gasteiger partial charge in [-0.15, -0.1) is 0 Å². The molecule has 1 atom stereocenters. The van der Waals surface area contributed by atoms with Crippen LogP contribution in [0.2, 0.25) is 0 Å². The van der Waals surface area contributed by atoms with Gasteiger partial charge in [-0.05, 0) is 63.7 Å². The molecule has 1 aliphatic rings. The summed E-state index contributed by atoms with van der Waals surface area (Å²) in [5.41, 5.74) is 4.06. The highest BCUT2D eigenvalue weighted by Crippen LogP contribution is 2.36. The fourth-order valence-electron chi connectivity index (χ4n) is 4.00. The number of imidazole rings is 1. The second-order valence-corrected chi connectivity index (χ2v) is 7.02. The molecule has 4 rings (SSSR count). The minimum atomic E-state index is -0.114. The first kappa shape index (κ1) is 13.9. The zero-order valence-corrected chi connectivity index (χ0v) is 15.3. The molecule has 0 bridgehead atoms. The number of hydrogen-bond acceptors (Lipinski definition) is 2. The fraction of sp³-hybridized carbons (Fsp3) is 0.429. The second kappa shape index (κ2) is 5.87. The zero-order valence-electron chi connectivity index (χ0n) is 17.3. The van der Waals surface area contributed by atoms with Crippen molar-refractivity contribution in [2.24, 2.45) is 5.92 Å². The van der Waals surface area contributed by atoms with Gasteiger partial charge in [-0.25, -0.2) is 4.98 Å². The van der Waals surface area contributed by atoms with Gasteiger partial charge in [0, 0.05) is 53.6 Å². The predicted octanol–water partition coefficient (Wildman–Crippen LogP) is 4.23. The van der Waals surface area contributed by atoms with Crippen LogP contribution in [0.15, 0.2) is 24.5 Å². The van der Waals surface area contributed by atoms with Gasteiger partial charge in [-0.3, -0.25) is 4.79 Å². The highest BCUT2D eigenvalue weighted by Gasteiger charge is 2.32. The van der Waals surface area contributed by atoms with Crippen LogP contribution in [0, 0.1) is 26.7 Å². The number of aromatic nitrogens is 3. The summed E-state index contributed by atoms with van der Waals surface area (Å²) in [7, 11) is 0. The molecule has 130 valence electrons. The number of nitrogens with zero attached hydrogens (tertiary/aromatic N) is 3. The summed E-state index contributed by atoms with van der Waals surface area (Å²) in [6.45, 7) is 9.09. The highest BCUT2D eigenvalue weighted by molar-refractivity contribution is 6.11. The highest BCUT2D eigenvalue weighted by atomic mass is 16.1. The van der Waals surface area contributed by atoms with Crippen molar-refractivity contribution >= 4 is 16.7 Å². The van der Waals surface area contributed by atoms with E-state index in [4.69, 9.17) is 2.74 Å². The van der Waals surface area contributed by atoms with Crippen molar-refractivity contribution in [1.29, 1.82) is 0 Å². The first-order valence-corrected chi connectivity index (χ1v) is 9.00. The minimum Gasteiger partial charge on any atom is -0.344 e. The Hall–Kier alpha value is -2.36. The maximum Gasteiger partial charge on any atom is 0.170 e. The molecule has 0 fully saturated rings. The van der Waals surface area contributed by atoms with E-state index < -0.39 is 0 Å². The van der Waals surface area contributed by atoms with E-state index in [2.05, 4.69) is 9.55 Å². The second-order valence-electron chi connectivity index (χ2n) is 7.02. The van der Waals surface area contributed by atoms with Gasteiger partial charge in [0.1, 0.15) is 5.82 Å². The molecule has 0 spiro atoms. The summed E-state index contributed by atoms with van der Waals surface area (Å²) in [4.78, 5) is 17.7. The van der Waals surface area contributed by atoms with Crippen LogP contribution < -0.4 is 0 Å². The van der Waals surface area contributed by atoms with Crippen molar-refractivity contribution in [2.45, 2.75) is 53.6 Å². The van der Waals surface area contributed by atoms with Crippen molar-refractivity contribution in [3.8, 4) is 0 Å². The van der Waals surface area contributed by atoms with E-state index in [1.807, 2.05) is 38.5 Å². The van der Waals surface area contributed by atoms with Crippen LogP contribution in [-0.2, 0) is 19.5 Å². The van der Waals surface area contributed by atoms with Crippen molar-refractivity contribution in [1.82, 2.24) is 14.1 Å². The number of hydrogen-bond donors (Lipinski definition) is 0. The number of fused-ring (bicyclic) bond motifs is 3. The van der Waals surface area contributed by atoms with Crippen LogP contribution in [0.1, 0.15) is 49.1 Å². The van der Waals surface area contributed by atoms with Crippen LogP contribution in [0.25, 0.3) is 10.9 Å². The quantitative estimate of drug-likeness (QED) is 0.717. The van der Waals surface area contributed by atoms with E-state index in [0.29, 0.717) is 36.1 Å². The van der Waals surface area contributed by atoms with E-state index >= 15 is 0 Å². The maximum atomic E-state index is 13.5. The van der Waals surface area contributed by atoms with Gasteiger partial charge in [0.05, 0.1) is 2.74 Å². The third kappa shape index (κ3) is 2.43. The molecule has 1 aromatic carbocycles. The lowest BCUT2D eigenvalue weighted by atomic mass is 9.84. The van der Waals surface area contributed by atoms with E-state index in [0.717, 1.165) is 41.0 Å². The normalized spacial score (nSPS) is 18.4. The Morgan fingerprint density at radius 3 is 2.72 bits per heavy atom. The molecule has 1 aliphatic carbocycles. The van der Waals surface area contributed by atoms with Crippen LogP contribution in [0.3, 0.4) is 0 Å². The summed E-state index contributed by atoms with van der Waals surface area (Å²) >= 11 is 0. The number of rotatable bonds is 3. The molecule has 25 heavy (non-hydrogen) atoms. The van der Waals surface area contributed by atoms with Crippen molar-refractivity contribution in [3.05, 3.63) is 52.7 Å². The number of aryl methyl sites for hydroxylation is 2. The monoisotopic (exact) mass is 337 g/mol. The Morgan fingerprint density at radius 2 is 2.04 bits per heavy atom. The van der Waals surface area contributed by atoms with Crippen LogP contribution in [-0.4, -0.2) is 19.9 Å². The summed E-state index contributed by atoms with van der Waals surface area (Å²) in [6.07, 6.45) is 5.27. The van der Waals surface area contributed by atoms with Crippen LogP contribution in [0.4, 0.5) is 0 Å². The third-order valence-electron chi connectivity index (χ3n) is 5.56. The van der Waals surface area contributed by atoms with Crippen molar-refractivity contribution < 1.29 is 7.54 Å². The minimum absolute atomic E-state index is 0.109. The average molecular weight is 337 g/mol. The summed E-state index contributed by atoms with van der Waals surface area (Å²) in [6, 6.07) is 0.847. The Labute approximate surface area is 151 Å². The van der Waals surface area contributed by atoms with Gasteiger partial charge in [0.25, 0.3) is 0 Å². The molecule has 0 radical (unpaired) electrons. The predicted molar refractivity (Wildman–Crippen MR) is 100 cm³/mol. The number of ketones is 1. The Balaban J connectivity index is 1.92. The van der Waals surface area contributed by atoms with Crippen LogP contribution >= 0.6 is 0 Å². The first-order valence-electron chi connectivity index (χ1n) is 10.00. The van der Waals surface area contributed by atoms with Crippen LogP contribution in [0.5, 0.6) is 0 Å². The maximum absolute atomic E-state index is 13.5. The third-order valence-corrected chi connectivity index (χ3v) is 5.56. The average Bonchev–Trinajstić information content (AvgIpc) is 3.21. The lowest BCUT2D eigenvalue weighted by Gasteiger charge is -2.23. The lowest BCUT2D eigenvalue weighted by molar-refractivity contribution is 0.0888. The molecule has 0 saturated carbocycles. The Bertz CT molecular complexity index is 1080. The Morgan fingerprint density at radius 1 is 1.28 bits per heavy atom. The number of benzene rings is 1. The van der Waals surface area contributed by atoms with Crippen molar-refractivity contribution in [3.63, 3.8) is 0 Å². The zero-order chi connectivity index (χ0) is 19.5. The SMILES string of the molecule is [2H]c1c(C)c(C)c([2H])c2c1c1c(n2CC)CCC(Cn2ccnc2C)C1=O.